The largest absolute Gasteiger partial charge is 0.459 e. The minimum atomic E-state index is -0.227. The zero-order chi connectivity index (χ0) is 24.6. The molecule has 0 aliphatic heterocycles. The number of unbranched alkanes of at least 4 members (excludes halogenated alkanes) is 12. The fourth-order valence-corrected chi connectivity index (χ4v) is 5.15. The molecule has 0 amide bonds. The number of hydrogen-bond donors (Lipinski definition) is 0. The molecule has 0 N–H and O–H groups in total. The Balaban J connectivity index is 5.07. The SMILES string of the molecule is C=CCCCCCCCCC(=O)OC(CCCC)(CCCC)C(CCCC)CCCCCC. The van der Waals surface area contributed by atoms with Crippen molar-refractivity contribution in [3.63, 3.8) is 0 Å². The number of esters is 1. The fraction of sp³-hybridized carbons (Fsp3) is 0.903. The molecule has 33 heavy (non-hydrogen) atoms. The molecule has 0 saturated carbocycles. The van der Waals surface area contributed by atoms with E-state index in [1.54, 1.807) is 0 Å². The van der Waals surface area contributed by atoms with Gasteiger partial charge in [0.15, 0.2) is 0 Å². The van der Waals surface area contributed by atoms with Crippen molar-refractivity contribution in [1.82, 2.24) is 0 Å². The Hall–Kier alpha value is -0.790. The molecule has 1 atom stereocenters. The molecule has 0 fully saturated rings. The molecule has 2 nitrogen and oxygen atoms in total. The Kier molecular flexibility index (Phi) is 22.4. The first-order chi connectivity index (χ1) is 16.1. The lowest BCUT2D eigenvalue weighted by molar-refractivity contribution is -0.170. The van der Waals surface area contributed by atoms with Crippen LogP contribution in [0.2, 0.25) is 0 Å². The molecule has 0 aromatic heterocycles. The van der Waals surface area contributed by atoms with Gasteiger partial charge in [-0.25, -0.2) is 0 Å². The van der Waals surface area contributed by atoms with Crippen LogP contribution in [0.5, 0.6) is 0 Å². The van der Waals surface area contributed by atoms with Crippen LogP contribution in [-0.4, -0.2) is 11.6 Å². The van der Waals surface area contributed by atoms with Crippen LogP contribution in [0.3, 0.4) is 0 Å². The van der Waals surface area contributed by atoms with E-state index in [1.165, 1.54) is 103 Å². The summed E-state index contributed by atoms with van der Waals surface area (Å²) in [6, 6.07) is 0. The van der Waals surface area contributed by atoms with E-state index >= 15 is 0 Å². The second-order valence-corrected chi connectivity index (χ2v) is 10.4. The average molecular weight is 465 g/mol. The van der Waals surface area contributed by atoms with Gasteiger partial charge < -0.3 is 4.74 Å². The summed E-state index contributed by atoms with van der Waals surface area (Å²) < 4.78 is 6.57. The van der Waals surface area contributed by atoms with Crippen molar-refractivity contribution in [2.24, 2.45) is 5.92 Å². The van der Waals surface area contributed by atoms with Crippen molar-refractivity contribution >= 4 is 5.97 Å². The van der Waals surface area contributed by atoms with Gasteiger partial charge in [-0.1, -0.05) is 111 Å². The van der Waals surface area contributed by atoms with E-state index < -0.39 is 0 Å². The molecule has 0 saturated heterocycles. The van der Waals surface area contributed by atoms with Crippen LogP contribution in [0.1, 0.15) is 169 Å². The Labute approximate surface area is 208 Å². The van der Waals surface area contributed by atoms with Gasteiger partial charge in [0.1, 0.15) is 5.60 Å². The number of rotatable bonds is 25. The molecule has 1 unspecified atom stereocenters. The number of carbonyl (C=O) groups is 1. The predicted octanol–water partition coefficient (Wildman–Crippen LogP) is 10.7. The molecule has 0 heterocycles. The highest BCUT2D eigenvalue weighted by molar-refractivity contribution is 5.69. The predicted molar refractivity (Wildman–Crippen MR) is 147 cm³/mol. The van der Waals surface area contributed by atoms with Gasteiger partial charge in [0.25, 0.3) is 0 Å². The molecule has 0 bridgehead atoms. The molecule has 0 spiro atoms. The second-order valence-electron chi connectivity index (χ2n) is 10.4. The normalized spacial score (nSPS) is 12.6. The Morgan fingerprint density at radius 2 is 1.21 bits per heavy atom. The smallest absolute Gasteiger partial charge is 0.306 e. The van der Waals surface area contributed by atoms with Crippen molar-refractivity contribution in [2.45, 2.75) is 175 Å². The molecular formula is C31H60O2. The molecule has 0 radical (unpaired) electrons. The van der Waals surface area contributed by atoms with E-state index in [0.29, 0.717) is 12.3 Å². The maximum atomic E-state index is 13.1. The first kappa shape index (κ1) is 32.2. The van der Waals surface area contributed by atoms with Crippen molar-refractivity contribution in [3.05, 3.63) is 12.7 Å². The summed E-state index contributed by atoms with van der Waals surface area (Å²) in [6.45, 7) is 12.9. The van der Waals surface area contributed by atoms with Crippen LogP contribution in [0.15, 0.2) is 12.7 Å². The third kappa shape index (κ3) is 16.5. The van der Waals surface area contributed by atoms with E-state index in [9.17, 15) is 4.79 Å². The molecule has 2 heteroatoms. The lowest BCUT2D eigenvalue weighted by Crippen LogP contribution is -2.43. The van der Waals surface area contributed by atoms with Crippen molar-refractivity contribution in [2.75, 3.05) is 0 Å². The quantitative estimate of drug-likeness (QED) is 0.0762. The standard InChI is InChI=1S/C31H60O2/c1-6-11-16-18-19-20-21-23-26-30(32)33-31(27-14-9-4,28-15-10-5)29(24-13-8-3)25-22-17-12-7-2/h6,29H,1,7-28H2,2-5H3. The molecule has 0 aliphatic carbocycles. The van der Waals surface area contributed by atoms with Crippen molar-refractivity contribution in [1.29, 1.82) is 0 Å². The topological polar surface area (TPSA) is 26.3 Å². The summed E-state index contributed by atoms with van der Waals surface area (Å²) in [6.07, 6.45) is 27.8. The third-order valence-electron chi connectivity index (χ3n) is 7.32. The van der Waals surface area contributed by atoms with E-state index in [0.717, 1.165) is 32.1 Å². The number of hydrogen-bond acceptors (Lipinski definition) is 2. The van der Waals surface area contributed by atoms with E-state index in [4.69, 9.17) is 4.74 Å². The van der Waals surface area contributed by atoms with Gasteiger partial charge in [0, 0.05) is 6.42 Å². The molecular weight excluding hydrogens is 404 g/mol. The van der Waals surface area contributed by atoms with E-state index in [2.05, 4.69) is 34.3 Å². The Morgan fingerprint density at radius 3 is 1.79 bits per heavy atom. The zero-order valence-corrected chi connectivity index (χ0v) is 23.2. The third-order valence-corrected chi connectivity index (χ3v) is 7.32. The molecule has 0 aliphatic rings. The van der Waals surface area contributed by atoms with Crippen LogP contribution in [0.4, 0.5) is 0 Å². The Bertz CT molecular complexity index is 434. The molecule has 0 aromatic carbocycles. The van der Waals surface area contributed by atoms with Crippen molar-refractivity contribution < 1.29 is 9.53 Å². The molecule has 0 rings (SSSR count). The van der Waals surface area contributed by atoms with Crippen LogP contribution in [0, 0.1) is 5.92 Å². The number of ether oxygens (including phenoxy) is 1. The summed E-state index contributed by atoms with van der Waals surface area (Å²) in [5.74, 6) is 0.602. The number of carbonyl (C=O) groups excluding carboxylic acids is 1. The summed E-state index contributed by atoms with van der Waals surface area (Å²) in [7, 11) is 0. The highest BCUT2D eigenvalue weighted by atomic mass is 16.6. The lowest BCUT2D eigenvalue weighted by Gasteiger charge is -2.41. The first-order valence-electron chi connectivity index (χ1n) is 14.9. The first-order valence-corrected chi connectivity index (χ1v) is 14.9. The molecule has 0 aromatic rings. The van der Waals surface area contributed by atoms with Gasteiger partial charge in [0.05, 0.1) is 0 Å². The number of allylic oxidation sites excluding steroid dienone is 1. The zero-order valence-electron chi connectivity index (χ0n) is 23.2. The Morgan fingerprint density at radius 1 is 0.697 bits per heavy atom. The summed E-state index contributed by atoms with van der Waals surface area (Å²) in [5, 5.41) is 0. The van der Waals surface area contributed by atoms with Gasteiger partial charge in [-0.15, -0.1) is 6.58 Å². The van der Waals surface area contributed by atoms with Gasteiger partial charge in [-0.2, -0.15) is 0 Å². The van der Waals surface area contributed by atoms with Crippen LogP contribution in [-0.2, 0) is 9.53 Å². The summed E-state index contributed by atoms with van der Waals surface area (Å²) in [5.41, 5.74) is -0.227. The van der Waals surface area contributed by atoms with Gasteiger partial charge in [-0.3, -0.25) is 4.79 Å². The monoisotopic (exact) mass is 464 g/mol. The minimum absolute atomic E-state index is 0.0731. The maximum absolute atomic E-state index is 13.1. The summed E-state index contributed by atoms with van der Waals surface area (Å²) >= 11 is 0. The van der Waals surface area contributed by atoms with Gasteiger partial charge >= 0.3 is 5.97 Å². The van der Waals surface area contributed by atoms with Gasteiger partial charge in [0.2, 0.25) is 0 Å². The average Bonchev–Trinajstić information content (AvgIpc) is 2.82. The second kappa shape index (κ2) is 23.0. The molecule has 196 valence electrons. The van der Waals surface area contributed by atoms with E-state index in [-0.39, 0.29) is 11.6 Å². The van der Waals surface area contributed by atoms with Crippen LogP contribution >= 0.6 is 0 Å². The van der Waals surface area contributed by atoms with Crippen LogP contribution < -0.4 is 0 Å². The highest BCUT2D eigenvalue weighted by Gasteiger charge is 2.40. The van der Waals surface area contributed by atoms with Crippen molar-refractivity contribution in [3.8, 4) is 0 Å². The van der Waals surface area contributed by atoms with Gasteiger partial charge in [-0.05, 0) is 63.7 Å². The summed E-state index contributed by atoms with van der Waals surface area (Å²) in [4.78, 5) is 13.1. The lowest BCUT2D eigenvalue weighted by atomic mass is 9.74. The maximum Gasteiger partial charge on any atom is 0.306 e. The highest BCUT2D eigenvalue weighted by Crippen LogP contribution is 2.40. The minimum Gasteiger partial charge on any atom is -0.459 e. The van der Waals surface area contributed by atoms with E-state index in [1.807, 2.05) is 6.08 Å². The van der Waals surface area contributed by atoms with Crippen LogP contribution in [0.25, 0.3) is 0 Å². The fourth-order valence-electron chi connectivity index (χ4n) is 5.15.